The van der Waals surface area contributed by atoms with Gasteiger partial charge in [-0.2, -0.15) is 4.98 Å². The first-order chi connectivity index (χ1) is 10.0. The lowest BCUT2D eigenvalue weighted by atomic mass is 10.2. The van der Waals surface area contributed by atoms with Crippen LogP contribution >= 0.6 is 11.8 Å². The predicted molar refractivity (Wildman–Crippen MR) is 84.3 cm³/mol. The number of anilines is 1. The lowest BCUT2D eigenvalue weighted by molar-refractivity contribution is 0.806. The van der Waals surface area contributed by atoms with Crippen LogP contribution in [0.1, 0.15) is 11.1 Å². The van der Waals surface area contributed by atoms with Gasteiger partial charge in [-0.05, 0) is 12.5 Å². The van der Waals surface area contributed by atoms with E-state index in [0.717, 1.165) is 10.9 Å². The summed E-state index contributed by atoms with van der Waals surface area (Å²) in [4.78, 5) is 22.8. The standard InChI is InChI=1S/C14H15N5OS/c1-8-3-5-9(6-4-8)7-21-14-16-10-11(19(14)2)17-13(15)18-12(10)20/h3-6H,7H2,1-2H3,(H3,15,17,18,20). The molecule has 0 aliphatic carbocycles. The smallest absolute Gasteiger partial charge is 0.280 e. The third-order valence-corrected chi connectivity index (χ3v) is 4.30. The molecular formula is C14H15N5OS. The first-order valence-corrected chi connectivity index (χ1v) is 7.43. The summed E-state index contributed by atoms with van der Waals surface area (Å²) in [7, 11) is 1.83. The minimum Gasteiger partial charge on any atom is -0.369 e. The zero-order valence-corrected chi connectivity index (χ0v) is 12.6. The van der Waals surface area contributed by atoms with Crippen LogP contribution in [0.25, 0.3) is 11.2 Å². The third kappa shape index (κ3) is 2.64. The molecule has 1 aromatic carbocycles. The lowest BCUT2D eigenvalue weighted by Crippen LogP contribution is -2.11. The number of nitrogens with zero attached hydrogens (tertiary/aromatic N) is 3. The molecule has 21 heavy (non-hydrogen) atoms. The number of aromatic nitrogens is 4. The first kappa shape index (κ1) is 13.7. The number of H-pyrrole nitrogens is 1. The van der Waals surface area contributed by atoms with Crippen molar-refractivity contribution in [3.8, 4) is 0 Å². The minimum absolute atomic E-state index is 0.102. The normalized spacial score (nSPS) is 11.1. The first-order valence-electron chi connectivity index (χ1n) is 6.45. The van der Waals surface area contributed by atoms with Crippen LogP contribution in [0.5, 0.6) is 0 Å². The zero-order valence-electron chi connectivity index (χ0n) is 11.8. The van der Waals surface area contributed by atoms with Gasteiger partial charge in [-0.25, -0.2) is 4.98 Å². The minimum atomic E-state index is -0.310. The number of benzene rings is 1. The highest BCUT2D eigenvalue weighted by molar-refractivity contribution is 7.98. The van der Waals surface area contributed by atoms with Gasteiger partial charge in [-0.15, -0.1) is 0 Å². The van der Waals surface area contributed by atoms with Gasteiger partial charge in [0.25, 0.3) is 5.56 Å². The van der Waals surface area contributed by atoms with Gasteiger partial charge in [-0.1, -0.05) is 41.6 Å². The molecule has 0 radical (unpaired) electrons. The maximum absolute atomic E-state index is 11.8. The average molecular weight is 301 g/mol. The second-order valence-electron chi connectivity index (χ2n) is 4.85. The van der Waals surface area contributed by atoms with Crippen molar-refractivity contribution < 1.29 is 0 Å². The molecule has 7 heteroatoms. The summed E-state index contributed by atoms with van der Waals surface area (Å²) in [5.41, 5.74) is 8.52. The highest BCUT2D eigenvalue weighted by Gasteiger charge is 2.13. The molecule has 0 saturated heterocycles. The van der Waals surface area contributed by atoms with E-state index in [4.69, 9.17) is 5.73 Å². The molecule has 0 fully saturated rings. The Labute approximate surface area is 125 Å². The molecule has 0 saturated carbocycles. The number of imidazole rings is 1. The van der Waals surface area contributed by atoms with Crippen molar-refractivity contribution in [2.24, 2.45) is 7.05 Å². The number of fused-ring (bicyclic) bond motifs is 1. The number of nitrogens with one attached hydrogen (secondary N) is 1. The molecule has 3 rings (SSSR count). The Hall–Kier alpha value is -2.28. The monoisotopic (exact) mass is 301 g/mol. The summed E-state index contributed by atoms with van der Waals surface area (Å²) < 4.78 is 1.79. The summed E-state index contributed by atoms with van der Waals surface area (Å²) >= 11 is 1.56. The third-order valence-electron chi connectivity index (χ3n) is 3.20. The number of rotatable bonds is 3. The van der Waals surface area contributed by atoms with Crippen LogP contribution < -0.4 is 11.3 Å². The molecule has 0 spiro atoms. The molecule has 0 unspecified atom stereocenters. The van der Waals surface area contributed by atoms with E-state index in [2.05, 4.69) is 46.1 Å². The molecule has 0 aliphatic heterocycles. The molecule has 3 N–H and O–H groups in total. The lowest BCUT2D eigenvalue weighted by Gasteiger charge is -2.02. The van der Waals surface area contributed by atoms with Crippen molar-refractivity contribution in [2.75, 3.05) is 5.73 Å². The topological polar surface area (TPSA) is 89.6 Å². The maximum atomic E-state index is 11.8. The average Bonchev–Trinajstić information content (AvgIpc) is 2.76. The summed E-state index contributed by atoms with van der Waals surface area (Å²) in [5, 5.41) is 0.745. The van der Waals surface area contributed by atoms with E-state index in [1.165, 1.54) is 11.1 Å². The fraction of sp³-hybridized carbons (Fsp3) is 0.214. The number of aryl methyl sites for hydroxylation is 2. The van der Waals surface area contributed by atoms with Gasteiger partial charge in [0.2, 0.25) is 5.95 Å². The molecule has 0 atom stereocenters. The van der Waals surface area contributed by atoms with Crippen molar-refractivity contribution in [2.45, 2.75) is 17.8 Å². The van der Waals surface area contributed by atoms with Crippen LogP contribution in [0.3, 0.4) is 0 Å². The summed E-state index contributed by atoms with van der Waals surface area (Å²) in [6.07, 6.45) is 0. The van der Waals surface area contributed by atoms with E-state index in [1.807, 2.05) is 7.05 Å². The van der Waals surface area contributed by atoms with Crippen LogP contribution in [0.2, 0.25) is 0 Å². The summed E-state index contributed by atoms with van der Waals surface area (Å²) in [5.74, 6) is 0.885. The number of hydrogen-bond acceptors (Lipinski definition) is 5. The number of hydrogen-bond donors (Lipinski definition) is 2. The molecule has 2 aromatic heterocycles. The van der Waals surface area contributed by atoms with E-state index in [9.17, 15) is 4.79 Å². The van der Waals surface area contributed by atoms with Gasteiger partial charge in [-0.3, -0.25) is 9.78 Å². The molecule has 3 aromatic rings. The number of aromatic amines is 1. The van der Waals surface area contributed by atoms with E-state index in [0.29, 0.717) is 11.2 Å². The van der Waals surface area contributed by atoms with Crippen molar-refractivity contribution in [3.05, 3.63) is 45.7 Å². The van der Waals surface area contributed by atoms with Crippen LogP contribution in [0, 0.1) is 6.92 Å². The Morgan fingerprint density at radius 3 is 2.71 bits per heavy atom. The van der Waals surface area contributed by atoms with Crippen LogP contribution in [-0.4, -0.2) is 19.5 Å². The molecule has 108 valence electrons. The van der Waals surface area contributed by atoms with E-state index < -0.39 is 0 Å². The largest absolute Gasteiger partial charge is 0.369 e. The SMILES string of the molecule is Cc1ccc(CSc2nc3c(=O)[nH]c(N)nc3n2C)cc1. The second-order valence-corrected chi connectivity index (χ2v) is 5.79. The van der Waals surface area contributed by atoms with Crippen molar-refractivity contribution in [3.63, 3.8) is 0 Å². The van der Waals surface area contributed by atoms with Crippen LogP contribution in [-0.2, 0) is 12.8 Å². The second kappa shape index (κ2) is 5.25. The zero-order chi connectivity index (χ0) is 15.0. The van der Waals surface area contributed by atoms with Crippen LogP contribution in [0.4, 0.5) is 5.95 Å². The van der Waals surface area contributed by atoms with Crippen molar-refractivity contribution in [1.82, 2.24) is 19.5 Å². The Balaban J connectivity index is 1.91. The molecular weight excluding hydrogens is 286 g/mol. The van der Waals surface area contributed by atoms with E-state index >= 15 is 0 Å². The Morgan fingerprint density at radius 1 is 1.29 bits per heavy atom. The fourth-order valence-corrected chi connectivity index (χ4v) is 2.95. The van der Waals surface area contributed by atoms with Gasteiger partial charge in [0.15, 0.2) is 16.3 Å². The van der Waals surface area contributed by atoms with Gasteiger partial charge >= 0.3 is 0 Å². The highest BCUT2D eigenvalue weighted by atomic mass is 32.2. The molecule has 0 amide bonds. The molecule has 2 heterocycles. The van der Waals surface area contributed by atoms with E-state index in [1.54, 1.807) is 16.3 Å². The molecule has 0 bridgehead atoms. The van der Waals surface area contributed by atoms with Crippen LogP contribution in [0.15, 0.2) is 34.2 Å². The predicted octanol–water partition coefficient (Wildman–Crippen LogP) is 1.84. The number of thioether (sulfide) groups is 1. The number of nitrogen functional groups attached to an aromatic ring is 1. The Bertz CT molecular complexity index is 850. The quantitative estimate of drug-likeness (QED) is 0.720. The molecule has 0 aliphatic rings. The Kier molecular flexibility index (Phi) is 3.42. The van der Waals surface area contributed by atoms with E-state index in [-0.39, 0.29) is 11.5 Å². The van der Waals surface area contributed by atoms with Gasteiger partial charge in [0, 0.05) is 12.8 Å². The maximum Gasteiger partial charge on any atom is 0.280 e. The number of nitrogens with two attached hydrogens (primary N) is 1. The summed E-state index contributed by atoms with van der Waals surface area (Å²) in [6, 6.07) is 8.34. The van der Waals surface area contributed by atoms with Gasteiger partial charge < -0.3 is 10.3 Å². The van der Waals surface area contributed by atoms with Gasteiger partial charge in [0.05, 0.1) is 0 Å². The van der Waals surface area contributed by atoms with Gasteiger partial charge in [0.1, 0.15) is 0 Å². The Morgan fingerprint density at radius 2 is 2.00 bits per heavy atom. The molecule has 6 nitrogen and oxygen atoms in total. The highest BCUT2D eigenvalue weighted by Crippen LogP contribution is 2.24. The van der Waals surface area contributed by atoms with Crippen molar-refractivity contribution in [1.29, 1.82) is 0 Å². The van der Waals surface area contributed by atoms with Crippen molar-refractivity contribution >= 4 is 28.9 Å². The fourth-order valence-electron chi connectivity index (χ4n) is 2.03. The summed E-state index contributed by atoms with van der Waals surface area (Å²) in [6.45, 7) is 2.06.